The number of carbonyl (C=O) groups is 1. The van der Waals surface area contributed by atoms with Gasteiger partial charge < -0.3 is 5.11 Å². The molecule has 1 heterocycles. The Morgan fingerprint density at radius 3 is 2.90 bits per heavy atom. The molecule has 0 aromatic heterocycles. The van der Waals surface area contributed by atoms with E-state index in [1.165, 1.54) is 25.0 Å². The summed E-state index contributed by atoms with van der Waals surface area (Å²) in [6.07, 6.45) is 4.65. The van der Waals surface area contributed by atoms with E-state index in [1.54, 1.807) is 12.1 Å². The maximum atomic E-state index is 13.7. The van der Waals surface area contributed by atoms with Gasteiger partial charge in [0.05, 0.1) is 0 Å². The number of piperidine rings is 1. The molecule has 0 radical (unpaired) electrons. The maximum Gasteiger partial charge on any atom is 0.328 e. The zero-order valence-electron chi connectivity index (χ0n) is 12.6. The van der Waals surface area contributed by atoms with Gasteiger partial charge in [-0.15, -0.1) is 0 Å². The van der Waals surface area contributed by atoms with E-state index in [4.69, 9.17) is 5.11 Å². The van der Waals surface area contributed by atoms with Crippen molar-refractivity contribution >= 4 is 12.0 Å². The molecule has 1 aliphatic heterocycles. The molecular formula is C17H22FNO2. The van der Waals surface area contributed by atoms with Crippen molar-refractivity contribution in [3.8, 4) is 0 Å². The largest absolute Gasteiger partial charge is 0.478 e. The van der Waals surface area contributed by atoms with Gasteiger partial charge in [-0.1, -0.05) is 13.0 Å². The molecule has 21 heavy (non-hydrogen) atoms. The SMILES string of the molecule is CC1CCN(Cc2ccc(F)c(C=CC(=O)O)c2)C(C)C1. The average Bonchev–Trinajstić information content (AvgIpc) is 2.42. The van der Waals surface area contributed by atoms with E-state index in [2.05, 4.69) is 18.7 Å². The molecule has 0 bridgehead atoms. The number of carboxylic acid groups (broad SMARTS) is 1. The second-order valence-electron chi connectivity index (χ2n) is 5.98. The first-order valence-electron chi connectivity index (χ1n) is 7.39. The minimum atomic E-state index is -1.07. The summed E-state index contributed by atoms with van der Waals surface area (Å²) in [7, 11) is 0. The Morgan fingerprint density at radius 1 is 1.48 bits per heavy atom. The quantitative estimate of drug-likeness (QED) is 0.863. The van der Waals surface area contributed by atoms with Crippen LogP contribution in [0, 0.1) is 11.7 Å². The van der Waals surface area contributed by atoms with Crippen LogP contribution in [0.25, 0.3) is 6.08 Å². The first kappa shape index (κ1) is 15.7. The van der Waals surface area contributed by atoms with Crippen LogP contribution in [0.1, 0.15) is 37.8 Å². The highest BCUT2D eigenvalue weighted by Gasteiger charge is 2.22. The van der Waals surface area contributed by atoms with Crippen LogP contribution in [0.3, 0.4) is 0 Å². The summed E-state index contributed by atoms with van der Waals surface area (Å²) in [5.74, 6) is -0.700. The van der Waals surface area contributed by atoms with E-state index >= 15 is 0 Å². The third-order valence-corrected chi connectivity index (χ3v) is 4.13. The first-order chi connectivity index (χ1) is 9.95. The summed E-state index contributed by atoms with van der Waals surface area (Å²) >= 11 is 0. The Balaban J connectivity index is 2.10. The van der Waals surface area contributed by atoms with Crippen LogP contribution in [-0.2, 0) is 11.3 Å². The third kappa shape index (κ3) is 4.39. The summed E-state index contributed by atoms with van der Waals surface area (Å²) in [5.41, 5.74) is 1.34. The molecule has 2 rings (SSSR count). The number of hydrogen-bond donors (Lipinski definition) is 1. The van der Waals surface area contributed by atoms with Crippen LogP contribution in [0.15, 0.2) is 24.3 Å². The standard InChI is InChI=1S/C17H22FNO2/c1-12-7-8-19(13(2)9-12)11-14-3-5-16(18)15(10-14)4-6-17(20)21/h3-6,10,12-13H,7-9,11H2,1-2H3,(H,20,21). The zero-order valence-corrected chi connectivity index (χ0v) is 12.6. The number of nitrogens with zero attached hydrogens (tertiary/aromatic N) is 1. The van der Waals surface area contributed by atoms with Crippen molar-refractivity contribution in [3.05, 3.63) is 41.2 Å². The molecule has 1 saturated heterocycles. The minimum absolute atomic E-state index is 0.327. The molecule has 1 N–H and O–H groups in total. The highest BCUT2D eigenvalue weighted by atomic mass is 19.1. The summed E-state index contributed by atoms with van der Waals surface area (Å²) in [5, 5.41) is 8.64. The van der Waals surface area contributed by atoms with Crippen LogP contribution in [0.4, 0.5) is 4.39 Å². The first-order valence-corrected chi connectivity index (χ1v) is 7.39. The Morgan fingerprint density at radius 2 is 2.24 bits per heavy atom. The van der Waals surface area contributed by atoms with E-state index < -0.39 is 11.8 Å². The van der Waals surface area contributed by atoms with Crippen molar-refractivity contribution < 1.29 is 14.3 Å². The highest BCUT2D eigenvalue weighted by molar-refractivity contribution is 5.85. The fourth-order valence-corrected chi connectivity index (χ4v) is 2.91. The zero-order chi connectivity index (χ0) is 15.4. The smallest absolute Gasteiger partial charge is 0.328 e. The number of carboxylic acids is 1. The van der Waals surface area contributed by atoms with Crippen LogP contribution in [-0.4, -0.2) is 28.6 Å². The van der Waals surface area contributed by atoms with Crippen molar-refractivity contribution in [2.45, 2.75) is 39.3 Å². The number of benzene rings is 1. The Hall–Kier alpha value is -1.68. The number of likely N-dealkylation sites (tertiary alicyclic amines) is 1. The van der Waals surface area contributed by atoms with Gasteiger partial charge in [-0.05, 0) is 56.0 Å². The van der Waals surface area contributed by atoms with Crippen LogP contribution in [0.2, 0.25) is 0 Å². The molecule has 2 unspecified atom stereocenters. The second-order valence-corrected chi connectivity index (χ2v) is 5.98. The monoisotopic (exact) mass is 291 g/mol. The Bertz CT molecular complexity index is 542. The van der Waals surface area contributed by atoms with Gasteiger partial charge in [0.15, 0.2) is 0 Å². The van der Waals surface area contributed by atoms with Crippen molar-refractivity contribution in [2.24, 2.45) is 5.92 Å². The fourth-order valence-electron chi connectivity index (χ4n) is 2.91. The average molecular weight is 291 g/mol. The lowest BCUT2D eigenvalue weighted by atomic mass is 9.93. The number of hydrogen-bond acceptors (Lipinski definition) is 2. The van der Waals surface area contributed by atoms with Gasteiger partial charge in [0.2, 0.25) is 0 Å². The van der Waals surface area contributed by atoms with Gasteiger partial charge in [0.25, 0.3) is 0 Å². The Labute approximate surface area is 125 Å². The van der Waals surface area contributed by atoms with Crippen molar-refractivity contribution in [3.63, 3.8) is 0 Å². The molecule has 0 spiro atoms. The maximum absolute atomic E-state index is 13.7. The summed E-state index contributed by atoms with van der Waals surface area (Å²) in [4.78, 5) is 12.9. The molecule has 114 valence electrons. The third-order valence-electron chi connectivity index (χ3n) is 4.13. The van der Waals surface area contributed by atoms with Gasteiger partial charge in [0.1, 0.15) is 5.82 Å². The highest BCUT2D eigenvalue weighted by Crippen LogP contribution is 2.24. The molecule has 1 aliphatic rings. The number of rotatable bonds is 4. The normalized spacial score (nSPS) is 23.6. The molecule has 2 atom stereocenters. The van der Waals surface area contributed by atoms with E-state index in [0.717, 1.165) is 30.6 Å². The van der Waals surface area contributed by atoms with Crippen molar-refractivity contribution in [1.29, 1.82) is 0 Å². The molecule has 1 fully saturated rings. The van der Waals surface area contributed by atoms with Gasteiger partial charge in [0, 0.05) is 24.2 Å². The molecule has 1 aromatic rings. The minimum Gasteiger partial charge on any atom is -0.478 e. The van der Waals surface area contributed by atoms with Crippen LogP contribution in [0.5, 0.6) is 0 Å². The fraction of sp³-hybridized carbons (Fsp3) is 0.471. The molecule has 0 aliphatic carbocycles. The Kier molecular flexibility index (Phi) is 5.12. The van der Waals surface area contributed by atoms with E-state index in [1.807, 2.05) is 0 Å². The van der Waals surface area contributed by atoms with E-state index in [9.17, 15) is 9.18 Å². The van der Waals surface area contributed by atoms with Gasteiger partial charge in [-0.3, -0.25) is 4.90 Å². The van der Waals surface area contributed by atoms with Crippen molar-refractivity contribution in [1.82, 2.24) is 4.90 Å². The van der Waals surface area contributed by atoms with Gasteiger partial charge >= 0.3 is 5.97 Å². The van der Waals surface area contributed by atoms with Gasteiger partial charge in [-0.2, -0.15) is 0 Å². The van der Waals surface area contributed by atoms with Crippen LogP contribution >= 0.6 is 0 Å². The molecule has 1 aromatic carbocycles. The molecule has 0 saturated carbocycles. The van der Waals surface area contributed by atoms with E-state index in [0.29, 0.717) is 11.6 Å². The number of aliphatic carboxylic acids is 1. The topological polar surface area (TPSA) is 40.5 Å². The molecule has 4 heteroatoms. The molecular weight excluding hydrogens is 269 g/mol. The van der Waals surface area contributed by atoms with Crippen molar-refractivity contribution in [2.75, 3.05) is 6.54 Å². The summed E-state index contributed by atoms with van der Waals surface area (Å²) < 4.78 is 13.7. The summed E-state index contributed by atoms with van der Waals surface area (Å²) in [6.45, 7) is 6.34. The predicted molar refractivity (Wildman–Crippen MR) is 81.3 cm³/mol. The number of halogens is 1. The molecule has 0 amide bonds. The lowest BCUT2D eigenvalue weighted by Gasteiger charge is -2.36. The predicted octanol–water partition coefficient (Wildman–Crippen LogP) is 3.54. The summed E-state index contributed by atoms with van der Waals surface area (Å²) in [6, 6.07) is 5.45. The van der Waals surface area contributed by atoms with Gasteiger partial charge in [-0.25, -0.2) is 9.18 Å². The second kappa shape index (κ2) is 6.85. The molecule has 3 nitrogen and oxygen atoms in total. The van der Waals surface area contributed by atoms with E-state index in [-0.39, 0.29) is 0 Å². The lowest BCUT2D eigenvalue weighted by molar-refractivity contribution is -0.131. The lowest BCUT2D eigenvalue weighted by Crippen LogP contribution is -2.39. The van der Waals surface area contributed by atoms with Crippen LogP contribution < -0.4 is 0 Å².